The molecule has 0 saturated carbocycles. The van der Waals surface area contributed by atoms with Gasteiger partial charge >= 0.3 is 0 Å². The Hall–Kier alpha value is -0.313. The number of hydrogen-bond acceptors (Lipinski definition) is 1. The summed E-state index contributed by atoms with van der Waals surface area (Å²) in [5.41, 5.74) is 1.11. The molecule has 0 saturated heterocycles. The van der Waals surface area contributed by atoms with E-state index in [0.29, 0.717) is 0 Å². The first-order chi connectivity index (χ1) is 5.34. The first kappa shape index (κ1) is 8.78. The Labute approximate surface area is 74.0 Å². The lowest BCUT2D eigenvalue weighted by Gasteiger charge is -2.05. The second-order valence-electron chi connectivity index (χ2n) is 2.39. The quantitative estimate of drug-likeness (QED) is 0.560. The van der Waals surface area contributed by atoms with Gasteiger partial charge in [-0.3, -0.25) is 0 Å². The average Bonchev–Trinajstić information content (AvgIpc) is 2.07. The summed E-state index contributed by atoms with van der Waals surface area (Å²) < 4.78 is 0. The van der Waals surface area contributed by atoms with Gasteiger partial charge in [0.05, 0.1) is 5.38 Å². The minimum absolute atomic E-state index is 0.00728. The number of hydrogen-bond donors (Lipinski definition) is 1. The number of halogens is 1. The van der Waals surface area contributed by atoms with E-state index in [-0.39, 0.29) is 5.38 Å². The summed E-state index contributed by atoms with van der Waals surface area (Å²) in [5, 5.41) is 0.00728. The van der Waals surface area contributed by atoms with Crippen LogP contribution in [-0.2, 0) is 0 Å². The minimum atomic E-state index is -0.909. The van der Waals surface area contributed by atoms with Gasteiger partial charge in [-0.1, -0.05) is 30.3 Å². The van der Waals surface area contributed by atoms with E-state index < -0.39 is 9.76 Å². The Balaban J connectivity index is 2.61. The standard InChI is InChI=1S/C8H11ClOSi/c9-8(6-11-10)7-4-2-1-3-5-7/h1-5,8,10H,6,11H2. The van der Waals surface area contributed by atoms with Crippen LogP contribution in [0.3, 0.4) is 0 Å². The second-order valence-corrected chi connectivity index (χ2v) is 3.94. The normalized spacial score (nSPS) is 14.0. The molecule has 1 N–H and O–H groups in total. The van der Waals surface area contributed by atoms with Crippen molar-refractivity contribution in [3.05, 3.63) is 35.9 Å². The van der Waals surface area contributed by atoms with Crippen LogP contribution in [0, 0.1) is 0 Å². The van der Waals surface area contributed by atoms with Crippen molar-refractivity contribution in [1.29, 1.82) is 0 Å². The highest BCUT2D eigenvalue weighted by Crippen LogP contribution is 2.23. The van der Waals surface area contributed by atoms with Crippen molar-refractivity contribution in [2.45, 2.75) is 11.4 Å². The largest absolute Gasteiger partial charge is 0.438 e. The van der Waals surface area contributed by atoms with Crippen LogP contribution >= 0.6 is 11.6 Å². The zero-order valence-corrected chi connectivity index (χ0v) is 8.37. The summed E-state index contributed by atoms with van der Waals surface area (Å²) in [6, 6.07) is 10.6. The third-order valence-electron chi connectivity index (χ3n) is 1.54. The Morgan fingerprint density at radius 3 is 2.55 bits per heavy atom. The molecule has 1 aromatic rings. The monoisotopic (exact) mass is 186 g/mol. The van der Waals surface area contributed by atoms with Crippen LogP contribution in [0.15, 0.2) is 30.3 Å². The van der Waals surface area contributed by atoms with Crippen LogP contribution in [0.2, 0.25) is 6.04 Å². The molecule has 60 valence electrons. The Morgan fingerprint density at radius 1 is 1.36 bits per heavy atom. The Kier molecular flexibility index (Phi) is 3.63. The maximum absolute atomic E-state index is 8.75. The van der Waals surface area contributed by atoms with Crippen molar-refractivity contribution in [2.75, 3.05) is 0 Å². The first-order valence-electron chi connectivity index (χ1n) is 3.64. The van der Waals surface area contributed by atoms with Crippen LogP contribution in [0.25, 0.3) is 0 Å². The van der Waals surface area contributed by atoms with Gasteiger partial charge in [0.2, 0.25) is 0 Å². The van der Waals surface area contributed by atoms with Crippen molar-refractivity contribution in [2.24, 2.45) is 0 Å². The molecular weight excluding hydrogens is 176 g/mol. The van der Waals surface area contributed by atoms with E-state index in [4.69, 9.17) is 16.4 Å². The van der Waals surface area contributed by atoms with E-state index in [2.05, 4.69) is 0 Å². The molecule has 11 heavy (non-hydrogen) atoms. The molecule has 1 nitrogen and oxygen atoms in total. The van der Waals surface area contributed by atoms with Gasteiger partial charge in [-0.2, -0.15) is 0 Å². The predicted molar refractivity (Wildman–Crippen MR) is 50.6 cm³/mol. The third-order valence-corrected chi connectivity index (χ3v) is 3.22. The van der Waals surface area contributed by atoms with Gasteiger partial charge in [-0.05, 0) is 11.6 Å². The van der Waals surface area contributed by atoms with E-state index in [0.717, 1.165) is 11.6 Å². The smallest absolute Gasteiger partial charge is 0.158 e. The highest BCUT2D eigenvalue weighted by atomic mass is 35.5. The molecule has 0 spiro atoms. The van der Waals surface area contributed by atoms with Crippen molar-refractivity contribution in [1.82, 2.24) is 0 Å². The highest BCUT2D eigenvalue weighted by Gasteiger charge is 2.04. The molecule has 1 rings (SSSR count). The molecular formula is C8H11ClOSi. The lowest BCUT2D eigenvalue weighted by atomic mass is 10.2. The number of rotatable bonds is 3. The fourth-order valence-corrected chi connectivity index (χ4v) is 1.94. The predicted octanol–water partition coefficient (Wildman–Crippen LogP) is 1.46. The Bertz CT molecular complexity index is 203. The summed E-state index contributed by atoms with van der Waals surface area (Å²) >= 11 is 5.98. The molecule has 0 aromatic heterocycles. The molecule has 0 aliphatic rings. The van der Waals surface area contributed by atoms with Gasteiger partial charge in [0.1, 0.15) is 0 Å². The molecule has 0 bridgehead atoms. The summed E-state index contributed by atoms with van der Waals surface area (Å²) in [6.07, 6.45) is 0. The molecule has 1 aromatic carbocycles. The molecule has 1 unspecified atom stereocenters. The zero-order valence-electron chi connectivity index (χ0n) is 6.20. The van der Waals surface area contributed by atoms with Crippen molar-refractivity contribution in [3.63, 3.8) is 0 Å². The number of alkyl halides is 1. The fraction of sp³-hybridized carbons (Fsp3) is 0.250. The maximum atomic E-state index is 8.75. The van der Waals surface area contributed by atoms with Crippen LogP contribution in [-0.4, -0.2) is 14.6 Å². The van der Waals surface area contributed by atoms with Gasteiger partial charge in [-0.25, -0.2) is 0 Å². The lowest BCUT2D eigenvalue weighted by Crippen LogP contribution is -1.94. The fourth-order valence-electron chi connectivity index (χ4n) is 0.942. The van der Waals surface area contributed by atoms with E-state index in [1.54, 1.807) is 0 Å². The minimum Gasteiger partial charge on any atom is -0.438 e. The van der Waals surface area contributed by atoms with Gasteiger partial charge < -0.3 is 4.80 Å². The SMILES string of the molecule is O[SiH2]CC(Cl)c1ccccc1. The van der Waals surface area contributed by atoms with Gasteiger partial charge in [0.25, 0.3) is 0 Å². The van der Waals surface area contributed by atoms with Gasteiger partial charge in [-0.15, -0.1) is 11.6 Å². The summed E-state index contributed by atoms with van der Waals surface area (Å²) in [7, 11) is -0.909. The van der Waals surface area contributed by atoms with E-state index >= 15 is 0 Å². The topological polar surface area (TPSA) is 20.2 Å². The molecule has 0 radical (unpaired) electrons. The van der Waals surface area contributed by atoms with Crippen molar-refractivity contribution < 1.29 is 4.80 Å². The van der Waals surface area contributed by atoms with Gasteiger partial charge in [0, 0.05) is 0 Å². The molecule has 3 heteroatoms. The molecule has 1 atom stereocenters. The maximum Gasteiger partial charge on any atom is 0.158 e. The number of benzene rings is 1. The highest BCUT2D eigenvalue weighted by molar-refractivity contribution is 6.31. The molecule has 0 aliphatic carbocycles. The molecule has 0 fully saturated rings. The van der Waals surface area contributed by atoms with Crippen LogP contribution in [0.1, 0.15) is 10.9 Å². The van der Waals surface area contributed by atoms with Gasteiger partial charge in [0.15, 0.2) is 9.76 Å². The van der Waals surface area contributed by atoms with Crippen LogP contribution in [0.5, 0.6) is 0 Å². The molecule has 0 amide bonds. The van der Waals surface area contributed by atoms with E-state index in [1.165, 1.54) is 0 Å². The van der Waals surface area contributed by atoms with E-state index in [1.807, 2.05) is 30.3 Å². The van der Waals surface area contributed by atoms with E-state index in [9.17, 15) is 0 Å². The summed E-state index contributed by atoms with van der Waals surface area (Å²) in [6.45, 7) is 0. The van der Waals surface area contributed by atoms with Crippen LogP contribution in [0.4, 0.5) is 0 Å². The second kappa shape index (κ2) is 4.54. The third kappa shape index (κ3) is 2.65. The summed E-state index contributed by atoms with van der Waals surface area (Å²) in [4.78, 5) is 8.75. The summed E-state index contributed by atoms with van der Waals surface area (Å²) in [5.74, 6) is 0. The zero-order chi connectivity index (χ0) is 8.10. The Morgan fingerprint density at radius 2 is 2.00 bits per heavy atom. The van der Waals surface area contributed by atoms with Crippen molar-refractivity contribution in [3.8, 4) is 0 Å². The van der Waals surface area contributed by atoms with Crippen molar-refractivity contribution >= 4 is 21.4 Å². The average molecular weight is 187 g/mol. The first-order valence-corrected chi connectivity index (χ1v) is 5.71. The molecule has 0 aliphatic heterocycles. The van der Waals surface area contributed by atoms with Crippen LogP contribution < -0.4 is 0 Å². The lowest BCUT2D eigenvalue weighted by molar-refractivity contribution is 0.598. The molecule has 0 heterocycles.